The summed E-state index contributed by atoms with van der Waals surface area (Å²) >= 11 is 3.40. The molecule has 1 aromatic carbocycles. The zero-order chi connectivity index (χ0) is 21.0. The van der Waals surface area contributed by atoms with Crippen LogP contribution in [0.25, 0.3) is 0 Å². The number of aryl methyl sites for hydroxylation is 1. The Labute approximate surface area is 176 Å². The smallest absolute Gasteiger partial charge is 0.355 e. The summed E-state index contributed by atoms with van der Waals surface area (Å²) in [6.07, 6.45) is -2.72. The molecular weight excluding hydrogens is 449 g/mol. The summed E-state index contributed by atoms with van der Waals surface area (Å²) in [5.74, 6) is 0.436. The molecule has 9 heteroatoms. The highest BCUT2D eigenvalue weighted by Gasteiger charge is 2.31. The van der Waals surface area contributed by atoms with Gasteiger partial charge in [-0.2, -0.15) is 13.2 Å². The summed E-state index contributed by atoms with van der Waals surface area (Å²) in [5, 5.41) is 2.93. The molecule has 0 atom stereocenters. The molecule has 1 aromatic heterocycles. The predicted octanol–water partition coefficient (Wildman–Crippen LogP) is 4.32. The minimum Gasteiger partial charge on any atom is -0.355 e. The Bertz CT molecular complexity index is 858. The Hall–Kier alpha value is -2.13. The monoisotopic (exact) mass is 470 g/mol. The predicted molar refractivity (Wildman–Crippen MR) is 110 cm³/mol. The van der Waals surface area contributed by atoms with Gasteiger partial charge in [-0.25, -0.2) is 4.98 Å². The SMILES string of the molecule is Cc1cc(Br)ccc1NC(=O)CN1CCCN(c2ccc(C(F)(F)F)cn2)CC1. The number of nitrogens with zero attached hydrogens (tertiary/aromatic N) is 3. The van der Waals surface area contributed by atoms with Crippen LogP contribution in [0.4, 0.5) is 24.7 Å². The third-order valence-corrected chi connectivity index (χ3v) is 5.31. The summed E-state index contributed by atoms with van der Waals surface area (Å²) in [4.78, 5) is 20.4. The number of aromatic nitrogens is 1. The molecule has 1 fully saturated rings. The van der Waals surface area contributed by atoms with Crippen molar-refractivity contribution in [2.75, 3.05) is 42.9 Å². The molecule has 2 aromatic rings. The molecule has 0 bridgehead atoms. The van der Waals surface area contributed by atoms with Crippen molar-refractivity contribution < 1.29 is 18.0 Å². The van der Waals surface area contributed by atoms with Gasteiger partial charge in [0.05, 0.1) is 12.1 Å². The van der Waals surface area contributed by atoms with E-state index in [0.29, 0.717) is 25.5 Å². The number of alkyl halides is 3. The minimum absolute atomic E-state index is 0.0865. The average Bonchev–Trinajstić information content (AvgIpc) is 2.89. The Morgan fingerprint density at radius 3 is 2.62 bits per heavy atom. The van der Waals surface area contributed by atoms with Crippen molar-refractivity contribution in [3.05, 3.63) is 52.1 Å². The van der Waals surface area contributed by atoms with Crippen LogP contribution in [0.3, 0.4) is 0 Å². The molecule has 1 saturated heterocycles. The number of nitrogens with one attached hydrogen (secondary N) is 1. The minimum atomic E-state index is -4.39. The highest BCUT2D eigenvalue weighted by atomic mass is 79.9. The summed E-state index contributed by atoms with van der Waals surface area (Å²) in [6, 6.07) is 8.14. The average molecular weight is 471 g/mol. The molecule has 3 rings (SSSR count). The first-order valence-corrected chi connectivity index (χ1v) is 10.1. The van der Waals surface area contributed by atoms with Crippen LogP contribution in [0.2, 0.25) is 0 Å². The fourth-order valence-corrected chi connectivity index (χ4v) is 3.73. The topological polar surface area (TPSA) is 48.5 Å². The van der Waals surface area contributed by atoms with E-state index in [1.54, 1.807) is 0 Å². The molecule has 0 unspecified atom stereocenters. The second-order valence-corrected chi connectivity index (χ2v) is 7.94. The first-order chi connectivity index (χ1) is 13.7. The van der Waals surface area contributed by atoms with Crippen LogP contribution in [0.5, 0.6) is 0 Å². The number of hydrogen-bond acceptors (Lipinski definition) is 4. The molecule has 29 heavy (non-hydrogen) atoms. The second kappa shape index (κ2) is 9.13. The van der Waals surface area contributed by atoms with Crippen LogP contribution in [0.1, 0.15) is 17.5 Å². The largest absolute Gasteiger partial charge is 0.417 e. The van der Waals surface area contributed by atoms with Crippen LogP contribution in [0.15, 0.2) is 41.0 Å². The first kappa shape index (κ1) is 21.6. The highest BCUT2D eigenvalue weighted by Crippen LogP contribution is 2.29. The molecule has 2 heterocycles. The van der Waals surface area contributed by atoms with E-state index in [1.165, 1.54) is 6.07 Å². The zero-order valence-electron chi connectivity index (χ0n) is 16.0. The standard InChI is InChI=1S/C20H22BrF3N4O/c1-14-11-16(21)4-5-17(14)26-19(29)13-27-7-2-8-28(10-9-27)18-6-3-15(12-25-18)20(22,23)24/h3-6,11-12H,2,7-10,13H2,1H3,(H,26,29). The highest BCUT2D eigenvalue weighted by molar-refractivity contribution is 9.10. The number of rotatable bonds is 4. The van der Waals surface area contributed by atoms with E-state index < -0.39 is 11.7 Å². The Balaban J connectivity index is 1.55. The Morgan fingerprint density at radius 2 is 1.97 bits per heavy atom. The maximum absolute atomic E-state index is 12.7. The van der Waals surface area contributed by atoms with E-state index >= 15 is 0 Å². The van der Waals surface area contributed by atoms with Crippen molar-refractivity contribution in [2.45, 2.75) is 19.5 Å². The number of anilines is 2. The zero-order valence-corrected chi connectivity index (χ0v) is 17.6. The van der Waals surface area contributed by atoms with Gasteiger partial charge in [-0.1, -0.05) is 15.9 Å². The maximum atomic E-state index is 12.7. The van der Waals surface area contributed by atoms with Crippen LogP contribution in [0, 0.1) is 6.92 Å². The van der Waals surface area contributed by atoms with Crippen molar-refractivity contribution in [1.82, 2.24) is 9.88 Å². The molecule has 1 N–H and O–H groups in total. The van der Waals surface area contributed by atoms with Crippen molar-refractivity contribution in [1.29, 1.82) is 0 Å². The second-order valence-electron chi connectivity index (χ2n) is 7.03. The number of halogens is 4. The van der Waals surface area contributed by atoms with Gasteiger partial charge in [0.15, 0.2) is 0 Å². The van der Waals surface area contributed by atoms with E-state index in [9.17, 15) is 18.0 Å². The van der Waals surface area contributed by atoms with Gasteiger partial charge in [-0.3, -0.25) is 9.69 Å². The van der Waals surface area contributed by atoms with E-state index in [2.05, 4.69) is 26.2 Å². The number of amides is 1. The molecule has 0 radical (unpaired) electrons. The van der Waals surface area contributed by atoms with Gasteiger partial charge >= 0.3 is 6.18 Å². The lowest BCUT2D eigenvalue weighted by Crippen LogP contribution is -2.36. The van der Waals surface area contributed by atoms with Gasteiger partial charge in [0.25, 0.3) is 0 Å². The van der Waals surface area contributed by atoms with Crippen LogP contribution < -0.4 is 10.2 Å². The van der Waals surface area contributed by atoms with Crippen molar-refractivity contribution >= 4 is 33.3 Å². The maximum Gasteiger partial charge on any atom is 0.417 e. The van der Waals surface area contributed by atoms with Crippen molar-refractivity contribution in [2.24, 2.45) is 0 Å². The molecule has 0 saturated carbocycles. The fourth-order valence-electron chi connectivity index (χ4n) is 3.26. The number of pyridine rings is 1. The molecule has 5 nitrogen and oxygen atoms in total. The fraction of sp³-hybridized carbons (Fsp3) is 0.400. The molecule has 1 aliphatic heterocycles. The number of carbonyl (C=O) groups is 1. The Morgan fingerprint density at radius 1 is 1.17 bits per heavy atom. The van der Waals surface area contributed by atoms with Crippen molar-refractivity contribution in [3.63, 3.8) is 0 Å². The lowest BCUT2D eigenvalue weighted by Gasteiger charge is -2.23. The van der Waals surface area contributed by atoms with Gasteiger partial charge < -0.3 is 10.2 Å². The summed E-state index contributed by atoms with van der Waals surface area (Å²) < 4.78 is 39.1. The Kier molecular flexibility index (Phi) is 6.79. The normalized spacial score (nSPS) is 15.8. The van der Waals surface area contributed by atoms with Gasteiger partial charge in [0, 0.05) is 42.5 Å². The molecule has 0 aliphatic carbocycles. The van der Waals surface area contributed by atoms with Crippen LogP contribution in [-0.2, 0) is 11.0 Å². The molecular formula is C20H22BrF3N4O. The lowest BCUT2D eigenvalue weighted by molar-refractivity contribution is -0.137. The molecule has 1 amide bonds. The summed E-state index contributed by atoms with van der Waals surface area (Å²) in [6.45, 7) is 4.86. The van der Waals surface area contributed by atoms with Gasteiger partial charge in [-0.15, -0.1) is 0 Å². The van der Waals surface area contributed by atoms with E-state index in [1.807, 2.05) is 34.9 Å². The van der Waals surface area contributed by atoms with E-state index in [-0.39, 0.29) is 12.5 Å². The summed E-state index contributed by atoms with van der Waals surface area (Å²) in [5.41, 5.74) is 1.00. The first-order valence-electron chi connectivity index (χ1n) is 9.29. The number of carbonyl (C=O) groups excluding carboxylic acids is 1. The summed E-state index contributed by atoms with van der Waals surface area (Å²) in [7, 11) is 0. The molecule has 0 spiro atoms. The number of hydrogen-bond donors (Lipinski definition) is 1. The third kappa shape index (κ3) is 5.93. The van der Waals surface area contributed by atoms with Gasteiger partial charge in [0.2, 0.25) is 5.91 Å². The third-order valence-electron chi connectivity index (χ3n) is 4.82. The lowest BCUT2D eigenvalue weighted by atomic mass is 10.2. The van der Waals surface area contributed by atoms with E-state index in [0.717, 1.165) is 41.0 Å². The van der Waals surface area contributed by atoms with Gasteiger partial charge in [-0.05, 0) is 49.2 Å². The van der Waals surface area contributed by atoms with Crippen molar-refractivity contribution in [3.8, 4) is 0 Å². The van der Waals surface area contributed by atoms with Crippen LogP contribution >= 0.6 is 15.9 Å². The molecule has 1 aliphatic rings. The molecule has 156 valence electrons. The quantitative estimate of drug-likeness (QED) is 0.722. The van der Waals surface area contributed by atoms with Gasteiger partial charge in [0.1, 0.15) is 5.82 Å². The van der Waals surface area contributed by atoms with E-state index in [4.69, 9.17) is 0 Å². The van der Waals surface area contributed by atoms with Crippen LogP contribution in [-0.4, -0.2) is 48.5 Å². The number of benzene rings is 1.